The minimum absolute atomic E-state index is 0.670. The number of para-hydroxylation sites is 1. The van der Waals surface area contributed by atoms with E-state index in [9.17, 15) is 0 Å². The molecule has 92 valence electrons. The molecule has 2 rings (SSSR count). The number of hydrogen-bond acceptors (Lipinski definition) is 1. The van der Waals surface area contributed by atoms with Gasteiger partial charge in [0.2, 0.25) is 0 Å². The van der Waals surface area contributed by atoms with Crippen LogP contribution in [-0.2, 0) is 6.54 Å². The first-order valence-corrected chi connectivity index (χ1v) is 6.43. The van der Waals surface area contributed by atoms with E-state index in [1.165, 1.54) is 16.6 Å². The summed E-state index contributed by atoms with van der Waals surface area (Å²) >= 11 is 6.18. The number of nitrogens with one attached hydrogen (secondary N) is 2. The van der Waals surface area contributed by atoms with Crippen LogP contribution in [0.25, 0.3) is 10.9 Å². The topological polar surface area (TPSA) is 27.8 Å². The van der Waals surface area contributed by atoms with Crippen molar-refractivity contribution in [2.24, 2.45) is 5.92 Å². The average Bonchev–Trinajstić information content (AvgIpc) is 2.57. The summed E-state index contributed by atoms with van der Waals surface area (Å²) < 4.78 is 0. The van der Waals surface area contributed by atoms with Crippen molar-refractivity contribution >= 4 is 22.5 Å². The first-order chi connectivity index (χ1) is 8.09. The molecule has 0 aliphatic carbocycles. The highest BCUT2D eigenvalue weighted by molar-refractivity contribution is 6.35. The molecule has 0 fully saturated rings. The molecule has 0 amide bonds. The van der Waals surface area contributed by atoms with E-state index in [4.69, 9.17) is 11.6 Å². The van der Waals surface area contributed by atoms with E-state index in [2.05, 4.69) is 37.1 Å². The lowest BCUT2D eigenvalue weighted by molar-refractivity contribution is 0.552. The quantitative estimate of drug-likeness (QED) is 0.847. The summed E-state index contributed by atoms with van der Waals surface area (Å²) in [4.78, 5) is 3.36. The van der Waals surface area contributed by atoms with Crippen molar-refractivity contribution in [1.82, 2.24) is 10.3 Å². The molecule has 17 heavy (non-hydrogen) atoms. The first kappa shape index (κ1) is 12.5. The van der Waals surface area contributed by atoms with E-state index < -0.39 is 0 Å². The molecule has 0 bridgehead atoms. The predicted octanol–water partition coefficient (Wildman–Crippen LogP) is 3.88. The minimum atomic E-state index is 0.670. The zero-order valence-corrected chi connectivity index (χ0v) is 11.4. The smallest absolute Gasteiger partial charge is 0.0648 e. The van der Waals surface area contributed by atoms with Crippen LogP contribution in [0, 0.1) is 12.8 Å². The third-order valence-electron chi connectivity index (χ3n) is 2.96. The molecule has 1 heterocycles. The Balaban J connectivity index is 2.27. The molecule has 2 nitrogen and oxygen atoms in total. The standard InChI is InChI=1S/C14H19ClN2/c1-9(2)7-16-8-12-10(3)17-14-11(12)5-4-6-13(14)15/h4-6,9,16-17H,7-8H2,1-3H3. The van der Waals surface area contributed by atoms with E-state index >= 15 is 0 Å². The molecule has 0 saturated carbocycles. The molecule has 1 aromatic heterocycles. The summed E-state index contributed by atoms with van der Waals surface area (Å²) in [5, 5.41) is 5.50. The molecule has 2 N–H and O–H groups in total. The highest BCUT2D eigenvalue weighted by atomic mass is 35.5. The number of aromatic amines is 1. The Morgan fingerprint density at radius 2 is 2.12 bits per heavy atom. The van der Waals surface area contributed by atoms with Gasteiger partial charge in [-0.2, -0.15) is 0 Å². The van der Waals surface area contributed by atoms with Gasteiger partial charge in [-0.1, -0.05) is 37.6 Å². The van der Waals surface area contributed by atoms with E-state index in [0.29, 0.717) is 5.92 Å². The summed E-state index contributed by atoms with van der Waals surface area (Å²) in [5.41, 5.74) is 3.57. The van der Waals surface area contributed by atoms with Gasteiger partial charge in [0.1, 0.15) is 0 Å². The van der Waals surface area contributed by atoms with Crippen molar-refractivity contribution in [3.05, 3.63) is 34.5 Å². The van der Waals surface area contributed by atoms with Crippen molar-refractivity contribution < 1.29 is 0 Å². The Hall–Kier alpha value is -0.990. The van der Waals surface area contributed by atoms with E-state index in [0.717, 1.165) is 23.6 Å². The summed E-state index contributed by atoms with van der Waals surface area (Å²) in [5.74, 6) is 0.670. The number of fused-ring (bicyclic) bond motifs is 1. The van der Waals surface area contributed by atoms with Crippen LogP contribution in [0.3, 0.4) is 0 Å². The van der Waals surface area contributed by atoms with Gasteiger partial charge in [0.15, 0.2) is 0 Å². The van der Waals surface area contributed by atoms with Crippen molar-refractivity contribution in [2.45, 2.75) is 27.3 Å². The number of aryl methyl sites for hydroxylation is 1. The van der Waals surface area contributed by atoms with Crippen LogP contribution in [0.1, 0.15) is 25.1 Å². The molecule has 0 unspecified atom stereocenters. The number of aromatic nitrogens is 1. The van der Waals surface area contributed by atoms with Crippen LogP contribution in [0.2, 0.25) is 5.02 Å². The molecule has 0 saturated heterocycles. The summed E-state index contributed by atoms with van der Waals surface area (Å²) in [6.07, 6.45) is 0. The average molecular weight is 251 g/mol. The fraction of sp³-hybridized carbons (Fsp3) is 0.429. The van der Waals surface area contributed by atoms with Crippen molar-refractivity contribution in [1.29, 1.82) is 0 Å². The second-order valence-electron chi connectivity index (χ2n) is 4.92. The Morgan fingerprint density at radius 3 is 2.82 bits per heavy atom. The molecule has 0 aliphatic heterocycles. The van der Waals surface area contributed by atoms with Crippen LogP contribution < -0.4 is 5.32 Å². The Kier molecular flexibility index (Phi) is 3.75. The van der Waals surface area contributed by atoms with Crippen molar-refractivity contribution in [3.63, 3.8) is 0 Å². The van der Waals surface area contributed by atoms with Crippen LogP contribution in [-0.4, -0.2) is 11.5 Å². The van der Waals surface area contributed by atoms with Gasteiger partial charge in [-0.15, -0.1) is 0 Å². The first-order valence-electron chi connectivity index (χ1n) is 6.06. The van der Waals surface area contributed by atoms with E-state index in [-0.39, 0.29) is 0 Å². The van der Waals surface area contributed by atoms with Crippen LogP contribution in [0.4, 0.5) is 0 Å². The van der Waals surface area contributed by atoms with E-state index in [1.807, 2.05) is 12.1 Å². The summed E-state index contributed by atoms with van der Waals surface area (Å²) in [6, 6.07) is 6.05. The second kappa shape index (κ2) is 5.11. The van der Waals surface area contributed by atoms with Gasteiger partial charge in [0.25, 0.3) is 0 Å². The molecule has 0 spiro atoms. The highest BCUT2D eigenvalue weighted by Gasteiger charge is 2.09. The van der Waals surface area contributed by atoms with E-state index in [1.54, 1.807) is 0 Å². The van der Waals surface area contributed by atoms with Crippen LogP contribution in [0.15, 0.2) is 18.2 Å². The zero-order valence-electron chi connectivity index (χ0n) is 10.6. The largest absolute Gasteiger partial charge is 0.357 e. The van der Waals surface area contributed by atoms with Gasteiger partial charge >= 0.3 is 0 Å². The molecule has 0 radical (unpaired) electrons. The fourth-order valence-electron chi connectivity index (χ4n) is 2.08. The summed E-state index contributed by atoms with van der Waals surface area (Å²) in [7, 11) is 0. The Bertz CT molecular complexity index is 514. The van der Waals surface area contributed by atoms with Gasteiger partial charge in [-0.25, -0.2) is 0 Å². The van der Waals surface area contributed by atoms with Gasteiger partial charge in [0, 0.05) is 17.6 Å². The number of H-pyrrole nitrogens is 1. The maximum atomic E-state index is 6.18. The monoisotopic (exact) mass is 250 g/mol. The molecule has 0 aliphatic rings. The Labute approximate surface area is 107 Å². The molecular formula is C14H19ClN2. The van der Waals surface area contributed by atoms with Gasteiger partial charge < -0.3 is 10.3 Å². The summed E-state index contributed by atoms with van der Waals surface area (Å²) in [6.45, 7) is 8.46. The van der Waals surface area contributed by atoms with Crippen LogP contribution in [0.5, 0.6) is 0 Å². The Morgan fingerprint density at radius 1 is 1.35 bits per heavy atom. The maximum absolute atomic E-state index is 6.18. The lowest BCUT2D eigenvalue weighted by Gasteiger charge is -2.07. The van der Waals surface area contributed by atoms with Gasteiger partial charge in [-0.05, 0) is 31.0 Å². The number of rotatable bonds is 4. The van der Waals surface area contributed by atoms with Gasteiger partial charge in [-0.3, -0.25) is 0 Å². The molecule has 0 atom stereocenters. The number of halogens is 1. The molecule has 1 aromatic carbocycles. The van der Waals surface area contributed by atoms with Gasteiger partial charge in [0.05, 0.1) is 10.5 Å². The lowest BCUT2D eigenvalue weighted by Crippen LogP contribution is -2.19. The minimum Gasteiger partial charge on any atom is -0.357 e. The van der Waals surface area contributed by atoms with Crippen molar-refractivity contribution in [2.75, 3.05) is 6.54 Å². The number of hydrogen-bond donors (Lipinski definition) is 2. The molecule has 2 aromatic rings. The third-order valence-corrected chi connectivity index (χ3v) is 3.27. The zero-order chi connectivity index (χ0) is 12.4. The maximum Gasteiger partial charge on any atom is 0.0648 e. The molecular weight excluding hydrogens is 232 g/mol. The van der Waals surface area contributed by atoms with Crippen LogP contribution >= 0.6 is 11.6 Å². The van der Waals surface area contributed by atoms with Crippen molar-refractivity contribution in [3.8, 4) is 0 Å². The predicted molar refractivity (Wildman–Crippen MR) is 74.6 cm³/mol. The number of benzene rings is 1. The lowest BCUT2D eigenvalue weighted by atomic mass is 10.1. The SMILES string of the molecule is Cc1[nH]c2c(Cl)cccc2c1CNCC(C)C. The fourth-order valence-corrected chi connectivity index (χ4v) is 2.30. The molecule has 3 heteroatoms. The highest BCUT2D eigenvalue weighted by Crippen LogP contribution is 2.27. The second-order valence-corrected chi connectivity index (χ2v) is 5.32. The normalized spacial score (nSPS) is 11.6. The third kappa shape index (κ3) is 2.64.